The van der Waals surface area contributed by atoms with Crippen LogP contribution in [0.5, 0.6) is 11.5 Å². The summed E-state index contributed by atoms with van der Waals surface area (Å²) in [5.74, 6) is 2.40. The van der Waals surface area contributed by atoms with Gasteiger partial charge in [0.15, 0.2) is 0 Å². The van der Waals surface area contributed by atoms with Crippen molar-refractivity contribution in [2.75, 3.05) is 0 Å². The second kappa shape index (κ2) is 12.1. The summed E-state index contributed by atoms with van der Waals surface area (Å²) in [6.07, 6.45) is 1.90. The number of ether oxygens (including phenoxy) is 1. The van der Waals surface area contributed by atoms with Crippen molar-refractivity contribution < 1.29 is 30.2 Å². The van der Waals surface area contributed by atoms with Gasteiger partial charge in [-0.2, -0.15) is 6.07 Å². The summed E-state index contributed by atoms with van der Waals surface area (Å²) in [6.45, 7) is 4.36. The van der Waals surface area contributed by atoms with Crippen molar-refractivity contribution in [3.8, 4) is 34.5 Å². The van der Waals surface area contributed by atoms with E-state index in [0.717, 1.165) is 44.4 Å². The number of nitrogens with zero attached hydrogens (tertiary/aromatic N) is 4. The van der Waals surface area contributed by atoms with Crippen molar-refractivity contribution in [2.24, 2.45) is 0 Å². The van der Waals surface area contributed by atoms with Gasteiger partial charge >= 0.3 is 21.1 Å². The smallest absolute Gasteiger partial charge is 0.503 e. The molecule has 0 amide bonds. The van der Waals surface area contributed by atoms with Crippen molar-refractivity contribution >= 4 is 54.7 Å². The first-order chi connectivity index (χ1) is 24.6. The molecule has 0 saturated carbocycles. The van der Waals surface area contributed by atoms with Crippen LogP contribution in [0.15, 0.2) is 138 Å². The Hall–Kier alpha value is -5.97. The van der Waals surface area contributed by atoms with E-state index in [2.05, 4.69) is 119 Å². The Morgan fingerprint density at radius 3 is 2.14 bits per heavy atom. The maximum Gasteiger partial charge on any atom is 2.00 e. The van der Waals surface area contributed by atoms with Gasteiger partial charge in [-0.25, -0.2) is 4.98 Å². The normalized spacial score (nSPS) is 11.6. The van der Waals surface area contributed by atoms with Gasteiger partial charge < -0.3 is 18.3 Å². The monoisotopic (exact) mass is 839 g/mol. The molecule has 4 aromatic heterocycles. The molecule has 0 N–H and O–H groups in total. The van der Waals surface area contributed by atoms with E-state index in [1.807, 2.05) is 54.7 Å². The van der Waals surface area contributed by atoms with Crippen molar-refractivity contribution in [2.45, 2.75) is 13.8 Å². The van der Waals surface area contributed by atoms with E-state index in [4.69, 9.17) is 14.1 Å². The molecular weight excluding hydrogens is 812 g/mol. The average molecular weight is 840 g/mol. The van der Waals surface area contributed by atoms with E-state index in [-0.39, 0.29) is 21.1 Å². The predicted octanol–water partition coefficient (Wildman–Crippen LogP) is 11.1. The topological polar surface area (TPSA) is 58.0 Å². The molecule has 0 spiro atoms. The summed E-state index contributed by atoms with van der Waals surface area (Å²) in [4.78, 5) is 9.58. The van der Waals surface area contributed by atoms with Crippen LogP contribution in [0.4, 0.5) is 0 Å². The van der Waals surface area contributed by atoms with Crippen molar-refractivity contribution in [3.05, 3.63) is 157 Å². The quantitative estimate of drug-likeness (QED) is 0.162. The molecule has 0 aliphatic heterocycles. The van der Waals surface area contributed by atoms with Crippen LogP contribution < -0.4 is 4.74 Å². The second-order valence-corrected chi connectivity index (χ2v) is 12.6. The van der Waals surface area contributed by atoms with Gasteiger partial charge in [-0.15, -0.1) is 35.7 Å². The molecule has 0 aliphatic carbocycles. The summed E-state index contributed by atoms with van der Waals surface area (Å²) in [7, 11) is 0. The maximum atomic E-state index is 6.40. The first-order valence-electron chi connectivity index (χ1n) is 16.6. The molecule has 7 heteroatoms. The first kappa shape index (κ1) is 31.0. The molecule has 0 fully saturated rings. The van der Waals surface area contributed by atoms with Crippen LogP contribution in [0.3, 0.4) is 0 Å². The predicted molar refractivity (Wildman–Crippen MR) is 200 cm³/mol. The van der Waals surface area contributed by atoms with Gasteiger partial charge in [0.05, 0.1) is 22.2 Å². The maximum absolute atomic E-state index is 6.40. The molecule has 6 aromatic carbocycles. The fourth-order valence-electron chi connectivity index (χ4n) is 7.29. The first-order valence-corrected chi connectivity index (χ1v) is 16.6. The van der Waals surface area contributed by atoms with Gasteiger partial charge in [0, 0.05) is 40.1 Å². The molecule has 246 valence electrons. The number of oxazole rings is 1. The van der Waals surface area contributed by atoms with Gasteiger partial charge in [-0.3, -0.25) is 4.98 Å². The molecule has 0 aliphatic rings. The Balaban J connectivity index is 0.00000348. The van der Waals surface area contributed by atoms with Crippen molar-refractivity contribution in [1.82, 2.24) is 19.1 Å². The van der Waals surface area contributed by atoms with Crippen molar-refractivity contribution in [1.29, 1.82) is 0 Å². The summed E-state index contributed by atoms with van der Waals surface area (Å²) in [5, 5.41) is 4.66. The van der Waals surface area contributed by atoms with Gasteiger partial charge in [-0.1, -0.05) is 83.9 Å². The zero-order valence-corrected chi connectivity index (χ0v) is 29.9. The summed E-state index contributed by atoms with van der Waals surface area (Å²) >= 11 is 0. The molecule has 0 saturated heterocycles. The summed E-state index contributed by atoms with van der Waals surface area (Å²) in [5.41, 5.74) is 10.1. The fourth-order valence-corrected chi connectivity index (χ4v) is 7.29. The van der Waals surface area contributed by atoms with Gasteiger partial charge in [-0.05, 0) is 54.6 Å². The second-order valence-electron chi connectivity index (χ2n) is 12.6. The molecule has 0 radical (unpaired) electrons. The van der Waals surface area contributed by atoms with Crippen LogP contribution >= 0.6 is 0 Å². The standard InChI is InChI=1S/C44H28N4O2.Pt/c1-27-10-7-15-35-36-16-8-11-28(2)43(36)47(42(27)35)30-22-23-45-41(25-30)48-38-18-5-3-14-33(38)34-21-20-32(26-39(34)48)49-31-13-9-12-29(24-31)44-46-37-17-4-6-19-40(37)50-44;/h3-23,25H,1-2H3;/q-2;+2. The molecular formula is C44H28N4O2Pt. The Morgan fingerprint density at radius 2 is 1.33 bits per heavy atom. The number of benzene rings is 6. The SMILES string of the molecule is Cc1cccc2c3cccc(C)c3n(-c3ccnc(-n4c5[c-]c(Oc6[c-]c(-c7nc8ccccc8o7)ccc6)ccc5c5ccccc54)c3)c12.[Pt+2]. The van der Waals surface area contributed by atoms with Gasteiger partial charge in [0.2, 0.25) is 0 Å². The minimum Gasteiger partial charge on any atom is -0.503 e. The van der Waals surface area contributed by atoms with E-state index >= 15 is 0 Å². The van der Waals surface area contributed by atoms with Gasteiger partial charge in [0.25, 0.3) is 0 Å². The minimum atomic E-state index is 0. The number of hydrogen-bond donors (Lipinski definition) is 0. The summed E-state index contributed by atoms with van der Waals surface area (Å²) in [6, 6.07) is 50.1. The van der Waals surface area contributed by atoms with E-state index in [1.165, 1.54) is 32.9 Å². The molecule has 51 heavy (non-hydrogen) atoms. The Labute approximate surface area is 307 Å². The molecule has 0 unspecified atom stereocenters. The van der Waals surface area contributed by atoms with Gasteiger partial charge in [0.1, 0.15) is 17.3 Å². The van der Waals surface area contributed by atoms with Crippen LogP contribution in [-0.2, 0) is 21.1 Å². The molecule has 6 nitrogen and oxygen atoms in total. The van der Waals surface area contributed by atoms with Crippen LogP contribution in [0.25, 0.3) is 77.7 Å². The third kappa shape index (κ3) is 4.98. The molecule has 4 heterocycles. The van der Waals surface area contributed by atoms with Crippen LogP contribution in [0.2, 0.25) is 0 Å². The number of para-hydroxylation sites is 5. The van der Waals surface area contributed by atoms with Crippen LogP contribution in [0, 0.1) is 26.0 Å². The van der Waals surface area contributed by atoms with E-state index in [1.54, 1.807) is 0 Å². The molecule has 10 rings (SSSR count). The number of rotatable bonds is 5. The fraction of sp³-hybridized carbons (Fsp3) is 0.0455. The Bertz CT molecular complexity index is 2860. The number of aromatic nitrogens is 4. The number of hydrogen-bond acceptors (Lipinski definition) is 4. The van der Waals surface area contributed by atoms with E-state index in [9.17, 15) is 0 Å². The number of aryl methyl sites for hydroxylation is 2. The summed E-state index contributed by atoms with van der Waals surface area (Å²) < 4.78 is 16.9. The molecule has 0 atom stereocenters. The largest absolute Gasteiger partial charge is 2.00 e. The van der Waals surface area contributed by atoms with E-state index in [0.29, 0.717) is 23.0 Å². The van der Waals surface area contributed by atoms with Crippen LogP contribution in [-0.4, -0.2) is 19.1 Å². The number of fused-ring (bicyclic) bond motifs is 7. The average Bonchev–Trinajstić information content (AvgIpc) is 3.83. The molecule has 0 bridgehead atoms. The number of pyridine rings is 1. The van der Waals surface area contributed by atoms with Crippen LogP contribution in [0.1, 0.15) is 11.1 Å². The minimum absolute atomic E-state index is 0. The zero-order chi connectivity index (χ0) is 33.3. The molecule has 10 aromatic rings. The Morgan fingerprint density at radius 1 is 0.627 bits per heavy atom. The third-order valence-corrected chi connectivity index (χ3v) is 9.50. The van der Waals surface area contributed by atoms with Crippen molar-refractivity contribution in [3.63, 3.8) is 0 Å². The third-order valence-electron chi connectivity index (χ3n) is 9.50. The van der Waals surface area contributed by atoms with E-state index < -0.39 is 0 Å². The Kier molecular flexibility index (Phi) is 7.37. The zero-order valence-electron chi connectivity index (χ0n) is 27.6.